The molecular formula is C25H36N2O4. The van der Waals surface area contributed by atoms with Crippen molar-refractivity contribution >= 4 is 5.97 Å². The summed E-state index contributed by atoms with van der Waals surface area (Å²) in [6.07, 6.45) is 12.9. The molecule has 0 amide bonds. The largest absolute Gasteiger partial charge is 0.490 e. The molecule has 0 aliphatic carbocycles. The van der Waals surface area contributed by atoms with Gasteiger partial charge in [0.2, 0.25) is 0 Å². The van der Waals surface area contributed by atoms with Crippen LogP contribution < -0.4 is 4.74 Å². The van der Waals surface area contributed by atoms with Crippen LogP contribution in [-0.2, 0) is 16.0 Å². The molecule has 0 aliphatic rings. The monoisotopic (exact) mass is 428 g/mol. The van der Waals surface area contributed by atoms with Crippen molar-refractivity contribution in [2.24, 2.45) is 0 Å². The lowest BCUT2D eigenvalue weighted by Gasteiger charge is -2.07. The van der Waals surface area contributed by atoms with Gasteiger partial charge in [0.25, 0.3) is 0 Å². The average molecular weight is 429 g/mol. The highest BCUT2D eigenvalue weighted by Crippen LogP contribution is 2.19. The molecular weight excluding hydrogens is 392 g/mol. The average Bonchev–Trinajstić information content (AvgIpc) is 2.78. The van der Waals surface area contributed by atoms with Crippen LogP contribution in [0, 0.1) is 0 Å². The number of aryl methyl sites for hydroxylation is 1. The van der Waals surface area contributed by atoms with Crippen molar-refractivity contribution in [2.45, 2.75) is 71.1 Å². The zero-order valence-electron chi connectivity index (χ0n) is 18.7. The molecule has 0 spiro atoms. The lowest BCUT2D eigenvalue weighted by molar-refractivity contribution is -0.137. The van der Waals surface area contributed by atoms with Gasteiger partial charge in [0, 0.05) is 25.2 Å². The van der Waals surface area contributed by atoms with Crippen LogP contribution in [0.3, 0.4) is 0 Å². The molecule has 6 nitrogen and oxygen atoms in total. The highest BCUT2D eigenvalue weighted by molar-refractivity contribution is 5.66. The number of nitrogens with zero attached hydrogens (tertiary/aromatic N) is 2. The molecule has 1 aromatic heterocycles. The molecule has 1 N–H and O–H groups in total. The number of ether oxygens (including phenoxy) is 2. The van der Waals surface area contributed by atoms with Crippen molar-refractivity contribution in [2.75, 3.05) is 19.8 Å². The molecule has 170 valence electrons. The Labute approximate surface area is 186 Å². The molecule has 0 atom stereocenters. The Bertz CT molecular complexity index is 732. The van der Waals surface area contributed by atoms with E-state index >= 15 is 0 Å². The van der Waals surface area contributed by atoms with Crippen LogP contribution in [0.4, 0.5) is 0 Å². The number of benzene rings is 1. The third-order valence-corrected chi connectivity index (χ3v) is 5.00. The van der Waals surface area contributed by atoms with Crippen molar-refractivity contribution < 1.29 is 19.4 Å². The number of unbranched alkanes of at least 4 members (excludes halogenated alkanes) is 5. The molecule has 31 heavy (non-hydrogen) atoms. The maximum atomic E-state index is 10.5. The molecule has 1 heterocycles. The second-order valence-electron chi connectivity index (χ2n) is 7.77. The predicted octanol–water partition coefficient (Wildman–Crippen LogP) is 5.70. The summed E-state index contributed by atoms with van der Waals surface area (Å²) in [6.45, 7) is 4.37. The molecule has 6 heteroatoms. The van der Waals surface area contributed by atoms with E-state index in [9.17, 15) is 4.79 Å². The van der Waals surface area contributed by atoms with Gasteiger partial charge in [-0.1, -0.05) is 50.5 Å². The Morgan fingerprint density at radius 2 is 1.55 bits per heavy atom. The van der Waals surface area contributed by atoms with Gasteiger partial charge < -0.3 is 14.6 Å². The number of carbonyl (C=O) groups is 1. The summed E-state index contributed by atoms with van der Waals surface area (Å²) >= 11 is 0. The molecule has 2 aromatic rings. The fourth-order valence-corrected chi connectivity index (χ4v) is 3.24. The van der Waals surface area contributed by atoms with Gasteiger partial charge in [-0.2, -0.15) is 0 Å². The standard InChI is InChI=1S/C25H36N2O4/c1-2-16-30-17-8-9-18-31-23-19-26-25(27-20-23)22-14-12-21(13-15-22)10-6-4-3-5-7-11-24(28)29/h12-15,19-20H,2-11,16-18H2,1H3,(H,28,29). The fraction of sp³-hybridized carbons (Fsp3) is 0.560. The zero-order valence-corrected chi connectivity index (χ0v) is 18.7. The quantitative estimate of drug-likeness (QED) is 0.326. The van der Waals surface area contributed by atoms with E-state index in [0.29, 0.717) is 18.2 Å². The van der Waals surface area contributed by atoms with Gasteiger partial charge in [-0.15, -0.1) is 0 Å². The van der Waals surface area contributed by atoms with E-state index in [-0.39, 0.29) is 6.42 Å². The smallest absolute Gasteiger partial charge is 0.303 e. The summed E-state index contributed by atoms with van der Waals surface area (Å²) in [6, 6.07) is 8.39. The summed E-state index contributed by atoms with van der Waals surface area (Å²) in [4.78, 5) is 19.4. The van der Waals surface area contributed by atoms with Gasteiger partial charge in [-0.05, 0) is 44.1 Å². The summed E-state index contributed by atoms with van der Waals surface area (Å²) in [5, 5.41) is 8.64. The molecule has 0 unspecified atom stereocenters. The Hall–Kier alpha value is -2.47. The fourth-order valence-electron chi connectivity index (χ4n) is 3.24. The van der Waals surface area contributed by atoms with Crippen molar-refractivity contribution in [3.05, 3.63) is 42.2 Å². The molecule has 0 aliphatic heterocycles. The SMILES string of the molecule is CCCOCCCCOc1cnc(-c2ccc(CCCCCCCC(=O)O)cc2)nc1. The van der Waals surface area contributed by atoms with E-state index in [2.05, 4.69) is 41.2 Å². The highest BCUT2D eigenvalue weighted by Gasteiger charge is 2.03. The maximum absolute atomic E-state index is 10.5. The van der Waals surface area contributed by atoms with E-state index in [1.165, 1.54) is 5.56 Å². The molecule has 0 saturated heterocycles. The van der Waals surface area contributed by atoms with Crippen LogP contribution in [0.5, 0.6) is 5.75 Å². The topological polar surface area (TPSA) is 81.5 Å². The summed E-state index contributed by atoms with van der Waals surface area (Å²) in [5.74, 6) is 0.693. The van der Waals surface area contributed by atoms with Crippen LogP contribution in [-0.4, -0.2) is 40.9 Å². The van der Waals surface area contributed by atoms with E-state index in [1.807, 2.05) is 0 Å². The Balaban J connectivity index is 1.64. The van der Waals surface area contributed by atoms with Crippen LogP contribution in [0.15, 0.2) is 36.7 Å². The van der Waals surface area contributed by atoms with Crippen molar-refractivity contribution in [1.29, 1.82) is 0 Å². The number of hydrogen-bond donors (Lipinski definition) is 1. The van der Waals surface area contributed by atoms with Gasteiger partial charge in [0.05, 0.1) is 19.0 Å². The Kier molecular flexibility index (Phi) is 12.3. The Morgan fingerprint density at radius 1 is 0.871 bits per heavy atom. The number of carboxylic acids is 1. The summed E-state index contributed by atoms with van der Waals surface area (Å²) in [7, 11) is 0. The zero-order chi connectivity index (χ0) is 22.2. The van der Waals surface area contributed by atoms with Crippen molar-refractivity contribution in [1.82, 2.24) is 9.97 Å². The van der Waals surface area contributed by atoms with Gasteiger partial charge >= 0.3 is 5.97 Å². The van der Waals surface area contributed by atoms with Crippen LogP contribution in [0.1, 0.15) is 70.3 Å². The maximum Gasteiger partial charge on any atom is 0.303 e. The molecule has 0 fully saturated rings. The molecule has 0 bridgehead atoms. The lowest BCUT2D eigenvalue weighted by Crippen LogP contribution is -2.02. The Morgan fingerprint density at radius 3 is 2.26 bits per heavy atom. The number of aromatic nitrogens is 2. The minimum atomic E-state index is -0.699. The number of aliphatic carboxylic acids is 1. The van der Waals surface area contributed by atoms with Crippen LogP contribution >= 0.6 is 0 Å². The molecule has 0 saturated carbocycles. The first-order valence-electron chi connectivity index (χ1n) is 11.5. The van der Waals surface area contributed by atoms with Gasteiger partial charge in [-0.3, -0.25) is 4.79 Å². The highest BCUT2D eigenvalue weighted by atomic mass is 16.5. The van der Waals surface area contributed by atoms with E-state index < -0.39 is 5.97 Å². The minimum Gasteiger partial charge on any atom is -0.490 e. The molecule has 0 radical (unpaired) electrons. The van der Waals surface area contributed by atoms with Crippen LogP contribution in [0.2, 0.25) is 0 Å². The summed E-state index contributed by atoms with van der Waals surface area (Å²) < 4.78 is 11.2. The van der Waals surface area contributed by atoms with E-state index in [0.717, 1.165) is 76.6 Å². The second-order valence-corrected chi connectivity index (χ2v) is 7.77. The predicted molar refractivity (Wildman–Crippen MR) is 122 cm³/mol. The summed E-state index contributed by atoms with van der Waals surface area (Å²) in [5.41, 5.74) is 2.30. The first kappa shape index (κ1) is 24.8. The van der Waals surface area contributed by atoms with Gasteiger partial charge in [0.15, 0.2) is 11.6 Å². The number of rotatable bonds is 17. The molecule has 1 aromatic carbocycles. The third-order valence-electron chi connectivity index (χ3n) is 5.00. The third kappa shape index (κ3) is 10.9. The lowest BCUT2D eigenvalue weighted by atomic mass is 10.0. The normalized spacial score (nSPS) is 10.9. The van der Waals surface area contributed by atoms with Crippen molar-refractivity contribution in [3.63, 3.8) is 0 Å². The second kappa shape index (κ2) is 15.3. The first-order valence-corrected chi connectivity index (χ1v) is 11.5. The molecule has 2 rings (SSSR count). The minimum absolute atomic E-state index is 0.283. The van der Waals surface area contributed by atoms with Crippen LogP contribution in [0.25, 0.3) is 11.4 Å². The number of carboxylic acid groups (broad SMARTS) is 1. The van der Waals surface area contributed by atoms with E-state index in [4.69, 9.17) is 14.6 Å². The van der Waals surface area contributed by atoms with Crippen molar-refractivity contribution in [3.8, 4) is 17.1 Å². The van der Waals surface area contributed by atoms with Gasteiger partial charge in [0.1, 0.15) is 0 Å². The van der Waals surface area contributed by atoms with Gasteiger partial charge in [-0.25, -0.2) is 9.97 Å². The first-order chi connectivity index (χ1) is 15.2. The van der Waals surface area contributed by atoms with E-state index in [1.54, 1.807) is 12.4 Å². The number of hydrogen-bond acceptors (Lipinski definition) is 5.